The molecule has 1 aromatic carbocycles. The van der Waals surface area contributed by atoms with Crippen LogP contribution in [0.2, 0.25) is 0 Å². The third kappa shape index (κ3) is 2.11. The van der Waals surface area contributed by atoms with Crippen molar-refractivity contribution < 1.29 is 0 Å². The Morgan fingerprint density at radius 2 is 1.73 bits per heavy atom. The first kappa shape index (κ1) is 7.86. The fourth-order valence-corrected chi connectivity index (χ4v) is 1.19. The minimum atomic E-state index is 1.12. The predicted octanol–water partition coefficient (Wildman–Crippen LogP) is 2.04. The maximum absolute atomic E-state index is 5.16. The van der Waals surface area contributed by atoms with Crippen molar-refractivity contribution in [3.05, 3.63) is 41.1 Å². The Hall–Kier alpha value is -1.24. The van der Waals surface area contributed by atoms with E-state index in [1.807, 2.05) is 0 Å². The molecule has 2 N–H and O–H groups in total. The topological polar surface area (TPSA) is 26.0 Å². The van der Waals surface area contributed by atoms with Gasteiger partial charge in [-0.15, -0.1) is 0 Å². The van der Waals surface area contributed by atoms with Crippen LogP contribution in [-0.2, 0) is 0 Å². The minimum Gasteiger partial charge on any atom is -0.397 e. The molecule has 0 fully saturated rings. The lowest BCUT2D eigenvalue weighted by molar-refractivity contribution is 1.37. The molecule has 0 saturated carbocycles. The van der Waals surface area contributed by atoms with Gasteiger partial charge in [0.25, 0.3) is 0 Å². The number of hydrogen-bond acceptors (Lipinski definition) is 1. The molecule has 0 amide bonds. The minimum absolute atomic E-state index is 1.12. The average Bonchev–Trinajstić information content (AvgIpc) is 1.85. The van der Waals surface area contributed by atoms with Gasteiger partial charge in [0, 0.05) is 0 Å². The smallest absolute Gasteiger partial charge is 0.0554 e. The van der Waals surface area contributed by atoms with Gasteiger partial charge in [0.2, 0.25) is 0 Å². The van der Waals surface area contributed by atoms with E-state index in [1.54, 1.807) is 6.08 Å². The highest BCUT2D eigenvalue weighted by Crippen LogP contribution is 2.09. The zero-order chi connectivity index (χ0) is 8.27. The van der Waals surface area contributed by atoms with Crippen molar-refractivity contribution in [2.45, 2.75) is 13.8 Å². The van der Waals surface area contributed by atoms with Gasteiger partial charge in [0.1, 0.15) is 0 Å². The van der Waals surface area contributed by atoms with Crippen LogP contribution < -0.4 is 5.73 Å². The molecule has 0 heterocycles. The third-order valence-corrected chi connectivity index (χ3v) is 1.49. The molecule has 57 valence electrons. The molecule has 0 atom stereocenters. The SMILES string of the molecule is Cc1cc(C)cc(/C=[C]/N)c1. The third-order valence-electron chi connectivity index (χ3n) is 1.49. The van der Waals surface area contributed by atoms with Crippen molar-refractivity contribution >= 4 is 6.08 Å². The van der Waals surface area contributed by atoms with Gasteiger partial charge in [-0.2, -0.15) is 0 Å². The van der Waals surface area contributed by atoms with E-state index in [9.17, 15) is 0 Å². The van der Waals surface area contributed by atoms with Crippen LogP contribution in [0.1, 0.15) is 16.7 Å². The second-order valence-electron chi connectivity index (χ2n) is 2.73. The summed E-state index contributed by atoms with van der Waals surface area (Å²) >= 11 is 0. The summed E-state index contributed by atoms with van der Waals surface area (Å²) in [6.07, 6.45) is 4.29. The van der Waals surface area contributed by atoms with Crippen LogP contribution in [0.4, 0.5) is 0 Å². The lowest BCUT2D eigenvalue weighted by atomic mass is 10.1. The molecule has 1 nitrogen and oxygen atoms in total. The first-order chi connectivity index (χ1) is 5.22. The number of nitrogens with two attached hydrogens (primary N) is 1. The highest BCUT2D eigenvalue weighted by atomic mass is 14.5. The van der Waals surface area contributed by atoms with Crippen LogP contribution in [0.15, 0.2) is 18.2 Å². The molecule has 0 aliphatic heterocycles. The fraction of sp³-hybridized carbons (Fsp3) is 0.200. The van der Waals surface area contributed by atoms with Crippen molar-refractivity contribution in [3.8, 4) is 0 Å². The van der Waals surface area contributed by atoms with Gasteiger partial charge in [0.15, 0.2) is 0 Å². The standard InChI is InChI=1S/C10H12N/c1-8-5-9(2)7-10(6-8)3-4-11/h3,5-7H,11H2,1-2H3. The first-order valence-electron chi connectivity index (χ1n) is 3.60. The summed E-state index contributed by atoms with van der Waals surface area (Å²) in [4.78, 5) is 0. The number of aryl methyl sites for hydroxylation is 2. The monoisotopic (exact) mass is 146 g/mol. The Kier molecular flexibility index (Phi) is 2.32. The lowest BCUT2D eigenvalue weighted by Gasteiger charge is -1.98. The molecule has 1 heteroatoms. The van der Waals surface area contributed by atoms with Crippen LogP contribution in [0.25, 0.3) is 6.08 Å². The maximum atomic E-state index is 5.16. The molecule has 0 bridgehead atoms. The Labute approximate surface area is 67.5 Å². The van der Waals surface area contributed by atoms with Crippen LogP contribution in [0, 0.1) is 20.0 Å². The summed E-state index contributed by atoms with van der Waals surface area (Å²) in [5.74, 6) is 0. The van der Waals surface area contributed by atoms with Crippen molar-refractivity contribution in [3.63, 3.8) is 0 Å². The normalized spacial score (nSPS) is 10.7. The van der Waals surface area contributed by atoms with Gasteiger partial charge in [-0.1, -0.05) is 29.3 Å². The molecule has 0 unspecified atom stereocenters. The van der Waals surface area contributed by atoms with E-state index in [2.05, 4.69) is 38.2 Å². The van der Waals surface area contributed by atoms with E-state index < -0.39 is 0 Å². The van der Waals surface area contributed by atoms with Crippen LogP contribution >= 0.6 is 0 Å². The Morgan fingerprint density at radius 3 is 2.18 bits per heavy atom. The van der Waals surface area contributed by atoms with Crippen LogP contribution in [-0.4, -0.2) is 0 Å². The molecular weight excluding hydrogens is 134 g/mol. The van der Waals surface area contributed by atoms with E-state index >= 15 is 0 Å². The van der Waals surface area contributed by atoms with Gasteiger partial charge in [0.05, 0.1) is 6.20 Å². The first-order valence-corrected chi connectivity index (χ1v) is 3.60. The van der Waals surface area contributed by atoms with E-state index in [1.165, 1.54) is 11.1 Å². The van der Waals surface area contributed by atoms with Gasteiger partial charge in [-0.05, 0) is 25.5 Å². The Balaban J connectivity index is 3.08. The van der Waals surface area contributed by atoms with Gasteiger partial charge >= 0.3 is 0 Å². The van der Waals surface area contributed by atoms with E-state index in [0.717, 1.165) is 5.56 Å². The summed E-state index contributed by atoms with van der Waals surface area (Å²) in [6, 6.07) is 6.29. The van der Waals surface area contributed by atoms with Gasteiger partial charge in [-0.25, -0.2) is 0 Å². The second-order valence-corrected chi connectivity index (χ2v) is 2.73. The number of rotatable bonds is 1. The quantitative estimate of drug-likeness (QED) is 0.603. The zero-order valence-corrected chi connectivity index (χ0v) is 6.89. The Bertz CT molecular complexity index is 254. The predicted molar refractivity (Wildman–Crippen MR) is 47.8 cm³/mol. The van der Waals surface area contributed by atoms with E-state index in [4.69, 9.17) is 5.73 Å². The lowest BCUT2D eigenvalue weighted by Crippen LogP contribution is -1.82. The molecule has 0 saturated heterocycles. The molecule has 1 radical (unpaired) electrons. The van der Waals surface area contributed by atoms with Crippen molar-refractivity contribution in [1.82, 2.24) is 0 Å². The summed E-state index contributed by atoms with van der Waals surface area (Å²) in [6.45, 7) is 4.14. The van der Waals surface area contributed by atoms with E-state index in [0.29, 0.717) is 0 Å². The second kappa shape index (κ2) is 3.24. The maximum Gasteiger partial charge on any atom is 0.0554 e. The highest BCUT2D eigenvalue weighted by Gasteiger charge is 1.90. The summed E-state index contributed by atoms with van der Waals surface area (Å²) in [5, 5.41) is 0. The number of hydrogen-bond donors (Lipinski definition) is 1. The van der Waals surface area contributed by atoms with E-state index in [-0.39, 0.29) is 0 Å². The van der Waals surface area contributed by atoms with Crippen molar-refractivity contribution in [2.24, 2.45) is 5.73 Å². The average molecular weight is 146 g/mol. The highest BCUT2D eigenvalue weighted by molar-refractivity contribution is 5.49. The summed E-state index contributed by atoms with van der Waals surface area (Å²) in [7, 11) is 0. The fourth-order valence-electron chi connectivity index (χ4n) is 1.19. The molecule has 0 aliphatic rings. The largest absolute Gasteiger partial charge is 0.397 e. The number of benzene rings is 1. The molecule has 0 spiro atoms. The van der Waals surface area contributed by atoms with Crippen molar-refractivity contribution in [1.29, 1.82) is 0 Å². The summed E-state index contributed by atoms with van der Waals surface area (Å²) < 4.78 is 0. The zero-order valence-electron chi connectivity index (χ0n) is 6.89. The molecule has 1 rings (SSSR count). The van der Waals surface area contributed by atoms with Gasteiger partial charge < -0.3 is 5.73 Å². The molecule has 1 aromatic rings. The molecule has 0 aromatic heterocycles. The van der Waals surface area contributed by atoms with Crippen molar-refractivity contribution in [2.75, 3.05) is 0 Å². The molecule has 0 aliphatic carbocycles. The summed E-state index contributed by atoms with van der Waals surface area (Å²) in [5.41, 5.74) is 8.78. The van der Waals surface area contributed by atoms with Crippen LogP contribution in [0.3, 0.4) is 0 Å². The Morgan fingerprint density at radius 1 is 1.18 bits per heavy atom. The van der Waals surface area contributed by atoms with Gasteiger partial charge in [-0.3, -0.25) is 0 Å². The molecule has 11 heavy (non-hydrogen) atoms. The van der Waals surface area contributed by atoms with Crippen LogP contribution in [0.5, 0.6) is 0 Å². The molecular formula is C10H12N.